The van der Waals surface area contributed by atoms with Crippen molar-refractivity contribution in [3.05, 3.63) is 70.3 Å². The van der Waals surface area contributed by atoms with Crippen LogP contribution in [0.5, 0.6) is 5.75 Å². The molecule has 0 saturated heterocycles. The van der Waals surface area contributed by atoms with Crippen LogP contribution in [0, 0.1) is 33.8 Å². The monoisotopic (exact) mass is 487 g/mol. The van der Waals surface area contributed by atoms with E-state index in [2.05, 4.69) is 0 Å². The third-order valence-corrected chi connectivity index (χ3v) is 5.91. The van der Waals surface area contributed by atoms with E-state index >= 15 is 0 Å². The maximum atomic E-state index is 13.4. The molecule has 2 aromatic rings. The fourth-order valence-electron chi connectivity index (χ4n) is 4.14. The number of benzene rings is 2. The van der Waals surface area contributed by atoms with Crippen LogP contribution >= 0.6 is 0 Å². The minimum atomic E-state index is -1.95. The molecule has 0 bridgehead atoms. The first-order valence-corrected chi connectivity index (χ1v) is 10.7. The van der Waals surface area contributed by atoms with Crippen LogP contribution in [0.3, 0.4) is 0 Å². The summed E-state index contributed by atoms with van der Waals surface area (Å²) < 4.78 is 5.35. The van der Waals surface area contributed by atoms with Crippen LogP contribution < -0.4 is 4.74 Å². The van der Waals surface area contributed by atoms with Crippen LogP contribution in [0.15, 0.2) is 54.6 Å². The zero-order chi connectivity index (χ0) is 26.3. The number of nitro benzene ring substituents is 1. The van der Waals surface area contributed by atoms with Crippen LogP contribution in [0.25, 0.3) is 0 Å². The Morgan fingerprint density at radius 3 is 1.83 bits per heavy atom. The number of carbonyl (C=O) groups is 4. The topological polar surface area (TPSA) is 181 Å². The molecule has 2 rings (SSSR count). The van der Waals surface area contributed by atoms with Crippen LogP contribution in [0.1, 0.15) is 31.7 Å². The Hall–Kier alpha value is -4.28. The molecule has 0 amide bonds. The normalized spacial score (nSPS) is 15.1. The number of aliphatic carboxylic acids is 3. The molecule has 0 aliphatic carbocycles. The summed E-state index contributed by atoms with van der Waals surface area (Å²) in [7, 11) is 0. The molecule has 2 aromatic carbocycles. The number of nitro groups is 1. The van der Waals surface area contributed by atoms with Crippen molar-refractivity contribution in [2.24, 2.45) is 23.7 Å². The van der Waals surface area contributed by atoms with E-state index in [1.807, 2.05) is 0 Å². The summed E-state index contributed by atoms with van der Waals surface area (Å²) in [6, 6.07) is 12.8. The van der Waals surface area contributed by atoms with Gasteiger partial charge in [0.05, 0.1) is 28.6 Å². The lowest BCUT2D eigenvalue weighted by Gasteiger charge is -2.34. The van der Waals surface area contributed by atoms with E-state index in [-0.39, 0.29) is 17.9 Å². The van der Waals surface area contributed by atoms with Crippen molar-refractivity contribution < 1.29 is 44.2 Å². The number of nitrogens with zero attached hydrogens (tertiary/aromatic N) is 1. The molecular weight excluding hydrogens is 462 g/mol. The second-order valence-electron chi connectivity index (χ2n) is 7.98. The first-order chi connectivity index (χ1) is 16.5. The standard InChI is InChI=1S/C24H25NO10/c1-3-17(14-7-5-4-6-8-14)19(20(23(30)31)18(22(28)29)13(2)21(26)27)24(32)35-16-11-9-15(10-12-16)25(33)34/h4-13,17-20H,3H2,1-2H3,(H,26,27)(H,28,29)(H,30,31). The number of carbonyl (C=O) groups excluding carboxylic acids is 1. The highest BCUT2D eigenvalue weighted by Gasteiger charge is 2.50. The van der Waals surface area contributed by atoms with Crippen molar-refractivity contribution in [1.82, 2.24) is 0 Å². The Morgan fingerprint density at radius 1 is 0.857 bits per heavy atom. The lowest BCUT2D eigenvalue weighted by atomic mass is 9.68. The summed E-state index contributed by atoms with van der Waals surface area (Å²) in [6.07, 6.45) is 0.210. The summed E-state index contributed by atoms with van der Waals surface area (Å²) in [5.74, 6) is -14.0. The van der Waals surface area contributed by atoms with Crippen molar-refractivity contribution >= 4 is 29.6 Å². The van der Waals surface area contributed by atoms with Gasteiger partial charge >= 0.3 is 23.9 Å². The fourth-order valence-corrected chi connectivity index (χ4v) is 4.14. The minimum absolute atomic E-state index is 0.115. The summed E-state index contributed by atoms with van der Waals surface area (Å²) in [6.45, 7) is 2.75. The number of carboxylic acid groups (broad SMARTS) is 3. The molecule has 35 heavy (non-hydrogen) atoms. The first-order valence-electron chi connectivity index (χ1n) is 10.7. The molecule has 0 saturated carbocycles. The first kappa shape index (κ1) is 27.0. The van der Waals surface area contributed by atoms with Gasteiger partial charge in [0, 0.05) is 12.1 Å². The van der Waals surface area contributed by atoms with Gasteiger partial charge < -0.3 is 20.1 Å². The largest absolute Gasteiger partial charge is 0.481 e. The molecule has 11 heteroatoms. The second-order valence-corrected chi connectivity index (χ2v) is 7.98. The molecule has 11 nitrogen and oxygen atoms in total. The third kappa shape index (κ3) is 6.40. The Kier molecular flexibility index (Phi) is 9.04. The molecule has 0 aliphatic rings. The Bertz CT molecular complexity index is 1080. The van der Waals surface area contributed by atoms with Crippen molar-refractivity contribution in [3.63, 3.8) is 0 Å². The van der Waals surface area contributed by atoms with E-state index in [0.717, 1.165) is 31.2 Å². The van der Waals surface area contributed by atoms with Gasteiger partial charge in [0.2, 0.25) is 0 Å². The van der Waals surface area contributed by atoms with Gasteiger partial charge in [-0.25, -0.2) is 0 Å². The number of carboxylic acids is 3. The number of rotatable bonds is 12. The average molecular weight is 487 g/mol. The van der Waals surface area contributed by atoms with Crippen LogP contribution in [-0.2, 0) is 19.2 Å². The zero-order valence-corrected chi connectivity index (χ0v) is 18.9. The number of hydrogen-bond donors (Lipinski definition) is 3. The lowest BCUT2D eigenvalue weighted by molar-refractivity contribution is -0.384. The molecule has 0 spiro atoms. The van der Waals surface area contributed by atoms with Crippen LogP contribution in [0.2, 0.25) is 0 Å². The Labute approximate surface area is 200 Å². The number of hydrogen-bond acceptors (Lipinski definition) is 7. The van der Waals surface area contributed by atoms with Gasteiger partial charge in [0.1, 0.15) is 5.75 Å². The van der Waals surface area contributed by atoms with E-state index in [1.54, 1.807) is 37.3 Å². The summed E-state index contributed by atoms with van der Waals surface area (Å²) in [5, 5.41) is 40.2. The molecule has 0 heterocycles. The highest BCUT2D eigenvalue weighted by Crippen LogP contribution is 2.40. The molecule has 186 valence electrons. The van der Waals surface area contributed by atoms with Gasteiger partial charge in [0.25, 0.3) is 5.69 Å². The maximum Gasteiger partial charge on any atom is 0.315 e. The van der Waals surface area contributed by atoms with Crippen molar-refractivity contribution in [2.75, 3.05) is 0 Å². The zero-order valence-electron chi connectivity index (χ0n) is 18.9. The average Bonchev–Trinajstić information content (AvgIpc) is 2.81. The van der Waals surface area contributed by atoms with Gasteiger partial charge in [0.15, 0.2) is 0 Å². The van der Waals surface area contributed by atoms with Crippen LogP contribution in [0.4, 0.5) is 5.69 Å². The SMILES string of the molecule is CCC(c1ccccc1)C(C(=O)Oc1ccc([N+](=O)[O-])cc1)C(C(=O)O)C(C(=O)O)C(C)C(=O)O. The van der Waals surface area contributed by atoms with E-state index < -0.39 is 58.4 Å². The van der Waals surface area contributed by atoms with E-state index in [9.17, 15) is 44.6 Å². The molecule has 0 aliphatic heterocycles. The van der Waals surface area contributed by atoms with E-state index in [0.29, 0.717) is 5.56 Å². The highest BCUT2D eigenvalue weighted by molar-refractivity contribution is 5.89. The Balaban J connectivity index is 2.62. The predicted molar refractivity (Wildman–Crippen MR) is 121 cm³/mol. The molecule has 0 aromatic heterocycles. The predicted octanol–water partition coefficient (Wildman–Crippen LogP) is 3.43. The van der Waals surface area contributed by atoms with Gasteiger partial charge in [-0.15, -0.1) is 0 Å². The van der Waals surface area contributed by atoms with Crippen molar-refractivity contribution in [1.29, 1.82) is 0 Å². The number of esters is 1. The quantitative estimate of drug-likeness (QED) is 0.174. The van der Waals surface area contributed by atoms with Crippen molar-refractivity contribution in [3.8, 4) is 5.75 Å². The van der Waals surface area contributed by atoms with Gasteiger partial charge in [-0.05, 0) is 30.0 Å². The summed E-state index contributed by atoms with van der Waals surface area (Å²) in [5.41, 5.74) is 0.278. The van der Waals surface area contributed by atoms with Crippen molar-refractivity contribution in [2.45, 2.75) is 26.2 Å². The fraction of sp³-hybridized carbons (Fsp3) is 0.333. The van der Waals surface area contributed by atoms with E-state index in [1.165, 1.54) is 0 Å². The van der Waals surface area contributed by atoms with Gasteiger partial charge in [-0.2, -0.15) is 0 Å². The smallest absolute Gasteiger partial charge is 0.315 e. The Morgan fingerprint density at radius 2 is 1.40 bits per heavy atom. The van der Waals surface area contributed by atoms with Gasteiger partial charge in [-0.1, -0.05) is 44.2 Å². The summed E-state index contributed by atoms with van der Waals surface area (Å²) in [4.78, 5) is 59.7. The molecular formula is C24H25NO10. The van der Waals surface area contributed by atoms with Gasteiger partial charge in [-0.3, -0.25) is 29.3 Å². The number of ether oxygens (including phenoxy) is 1. The summed E-state index contributed by atoms with van der Waals surface area (Å²) >= 11 is 0. The highest BCUT2D eigenvalue weighted by atomic mass is 16.6. The molecule has 0 radical (unpaired) electrons. The molecule has 3 N–H and O–H groups in total. The van der Waals surface area contributed by atoms with Crippen LogP contribution in [-0.4, -0.2) is 44.1 Å². The molecule has 5 atom stereocenters. The maximum absolute atomic E-state index is 13.4. The lowest BCUT2D eigenvalue weighted by Crippen LogP contribution is -2.46. The number of non-ortho nitro benzene ring substituents is 1. The van der Waals surface area contributed by atoms with E-state index in [4.69, 9.17) is 4.74 Å². The minimum Gasteiger partial charge on any atom is -0.481 e. The second kappa shape index (κ2) is 11.7. The molecule has 0 fully saturated rings. The molecule has 5 unspecified atom stereocenters. The third-order valence-electron chi connectivity index (χ3n) is 5.91.